The number of anilines is 1. The predicted molar refractivity (Wildman–Crippen MR) is 104 cm³/mol. The van der Waals surface area contributed by atoms with Crippen LogP contribution >= 0.6 is 0 Å². The number of nitrogens with zero attached hydrogens (tertiary/aromatic N) is 1. The van der Waals surface area contributed by atoms with Crippen molar-refractivity contribution in [2.45, 2.75) is 18.9 Å². The van der Waals surface area contributed by atoms with E-state index in [0.29, 0.717) is 18.8 Å². The Morgan fingerprint density at radius 2 is 1.85 bits per heavy atom. The molecule has 0 aromatic heterocycles. The van der Waals surface area contributed by atoms with E-state index < -0.39 is 0 Å². The maximum absolute atomic E-state index is 12.7. The van der Waals surface area contributed by atoms with Gasteiger partial charge < -0.3 is 15.5 Å². The number of urea groups is 1. The van der Waals surface area contributed by atoms with Crippen LogP contribution in [-0.2, 0) is 4.79 Å². The van der Waals surface area contributed by atoms with Crippen molar-refractivity contribution in [3.05, 3.63) is 65.7 Å². The fourth-order valence-corrected chi connectivity index (χ4v) is 3.74. The van der Waals surface area contributed by atoms with Gasteiger partial charge in [-0.1, -0.05) is 36.1 Å². The minimum atomic E-state index is -0.158. The molecule has 2 fully saturated rings. The Bertz CT molecular complexity index is 914. The zero-order chi connectivity index (χ0) is 18.6. The molecule has 0 aliphatic carbocycles. The van der Waals surface area contributed by atoms with Gasteiger partial charge in [0, 0.05) is 29.9 Å². The molecule has 0 radical (unpaired) electrons. The quantitative estimate of drug-likeness (QED) is 0.769. The van der Waals surface area contributed by atoms with Crippen molar-refractivity contribution in [1.29, 1.82) is 0 Å². The second kappa shape index (κ2) is 7.55. The number of rotatable bonds is 1. The number of carbonyl (C=O) groups excluding carboxylic acids is 2. The van der Waals surface area contributed by atoms with Gasteiger partial charge >= 0.3 is 6.03 Å². The van der Waals surface area contributed by atoms with Gasteiger partial charge in [0.25, 0.3) is 0 Å². The van der Waals surface area contributed by atoms with E-state index in [1.807, 2.05) is 54.6 Å². The number of fused-ring (bicyclic) bond motifs is 1. The van der Waals surface area contributed by atoms with E-state index in [2.05, 4.69) is 22.5 Å². The minimum Gasteiger partial charge on any atom is -0.354 e. The Balaban J connectivity index is 1.46. The van der Waals surface area contributed by atoms with Crippen LogP contribution in [0.3, 0.4) is 0 Å². The van der Waals surface area contributed by atoms with Gasteiger partial charge in [-0.25, -0.2) is 4.79 Å². The van der Waals surface area contributed by atoms with Gasteiger partial charge in [0.1, 0.15) is 0 Å². The Labute approximate surface area is 158 Å². The standard InChI is InChI=1S/C22H21N3O2/c26-21-19-10-5-13-25(20(19)15-23-21)22(27)24-18-9-4-8-17(14-18)12-11-16-6-2-1-3-7-16/h1-4,6-9,14,19-20H,5,10,13,15H2,(H,23,26)(H,24,27). The lowest BCUT2D eigenvalue weighted by Gasteiger charge is -2.35. The number of benzene rings is 2. The van der Waals surface area contributed by atoms with Gasteiger partial charge in [-0.05, 0) is 43.2 Å². The summed E-state index contributed by atoms with van der Waals surface area (Å²) in [6.45, 7) is 1.22. The maximum Gasteiger partial charge on any atom is 0.322 e. The zero-order valence-electron chi connectivity index (χ0n) is 14.9. The van der Waals surface area contributed by atoms with E-state index in [1.54, 1.807) is 4.90 Å². The van der Waals surface area contributed by atoms with Crippen LogP contribution in [0.4, 0.5) is 10.5 Å². The van der Waals surface area contributed by atoms with Crippen molar-refractivity contribution < 1.29 is 9.59 Å². The summed E-state index contributed by atoms with van der Waals surface area (Å²) in [6, 6.07) is 17.1. The van der Waals surface area contributed by atoms with Gasteiger partial charge in [-0.2, -0.15) is 0 Å². The third-order valence-corrected chi connectivity index (χ3v) is 5.10. The Morgan fingerprint density at radius 3 is 2.70 bits per heavy atom. The average molecular weight is 359 g/mol. The molecular weight excluding hydrogens is 338 g/mol. The van der Waals surface area contributed by atoms with Crippen molar-refractivity contribution in [3.63, 3.8) is 0 Å². The molecule has 5 heteroatoms. The summed E-state index contributed by atoms with van der Waals surface area (Å²) in [4.78, 5) is 26.4. The largest absolute Gasteiger partial charge is 0.354 e. The number of hydrogen-bond donors (Lipinski definition) is 2. The van der Waals surface area contributed by atoms with Gasteiger partial charge in [0.15, 0.2) is 0 Å². The smallest absolute Gasteiger partial charge is 0.322 e. The van der Waals surface area contributed by atoms with Crippen molar-refractivity contribution >= 4 is 17.6 Å². The van der Waals surface area contributed by atoms with Gasteiger partial charge in [-0.3, -0.25) is 4.79 Å². The molecule has 3 amide bonds. The average Bonchev–Trinajstić information content (AvgIpc) is 3.09. The van der Waals surface area contributed by atoms with Crippen molar-refractivity contribution in [3.8, 4) is 11.8 Å². The Hall–Kier alpha value is -3.26. The monoisotopic (exact) mass is 359 g/mol. The highest BCUT2D eigenvalue weighted by Crippen LogP contribution is 2.28. The van der Waals surface area contributed by atoms with E-state index >= 15 is 0 Å². The van der Waals surface area contributed by atoms with Crippen LogP contribution in [0.1, 0.15) is 24.0 Å². The lowest BCUT2D eigenvalue weighted by atomic mass is 9.92. The van der Waals surface area contributed by atoms with Crippen LogP contribution in [0.5, 0.6) is 0 Å². The van der Waals surface area contributed by atoms with Gasteiger partial charge in [-0.15, -0.1) is 0 Å². The number of nitrogens with one attached hydrogen (secondary N) is 2. The van der Waals surface area contributed by atoms with Gasteiger partial charge in [0.2, 0.25) is 5.91 Å². The van der Waals surface area contributed by atoms with E-state index in [-0.39, 0.29) is 23.9 Å². The molecule has 2 aromatic carbocycles. The lowest BCUT2D eigenvalue weighted by Crippen LogP contribution is -2.50. The summed E-state index contributed by atoms with van der Waals surface area (Å²) in [6.07, 6.45) is 1.70. The van der Waals surface area contributed by atoms with E-state index in [9.17, 15) is 9.59 Å². The molecule has 2 aliphatic heterocycles. The summed E-state index contributed by atoms with van der Waals surface area (Å²) in [5.74, 6) is 6.24. The molecule has 0 saturated carbocycles. The molecule has 2 aromatic rings. The van der Waals surface area contributed by atoms with Crippen LogP contribution < -0.4 is 10.6 Å². The Kier molecular flexibility index (Phi) is 4.80. The first kappa shape index (κ1) is 17.2. The topological polar surface area (TPSA) is 61.4 Å². The normalized spacial score (nSPS) is 20.9. The molecule has 27 heavy (non-hydrogen) atoms. The third-order valence-electron chi connectivity index (χ3n) is 5.10. The minimum absolute atomic E-state index is 0.0488. The van der Waals surface area contributed by atoms with Crippen molar-refractivity contribution in [2.24, 2.45) is 5.92 Å². The molecule has 2 heterocycles. The highest BCUT2D eigenvalue weighted by Gasteiger charge is 2.42. The van der Waals surface area contributed by atoms with Crippen molar-refractivity contribution in [1.82, 2.24) is 10.2 Å². The second-order valence-corrected chi connectivity index (χ2v) is 6.88. The summed E-state index contributed by atoms with van der Waals surface area (Å²) >= 11 is 0. The second-order valence-electron chi connectivity index (χ2n) is 6.88. The summed E-state index contributed by atoms with van der Waals surface area (Å²) in [5, 5.41) is 5.83. The molecule has 2 N–H and O–H groups in total. The molecule has 0 spiro atoms. The molecule has 2 unspecified atom stereocenters. The number of hydrogen-bond acceptors (Lipinski definition) is 2. The van der Waals surface area contributed by atoms with Crippen LogP contribution in [0.2, 0.25) is 0 Å². The summed E-state index contributed by atoms with van der Waals surface area (Å²) in [5.41, 5.74) is 2.50. The van der Waals surface area contributed by atoms with Crippen molar-refractivity contribution in [2.75, 3.05) is 18.4 Å². The maximum atomic E-state index is 12.7. The highest BCUT2D eigenvalue weighted by molar-refractivity contribution is 5.91. The molecular formula is C22H21N3O2. The van der Waals surface area contributed by atoms with Gasteiger partial charge in [0.05, 0.1) is 12.0 Å². The highest BCUT2D eigenvalue weighted by atomic mass is 16.2. The Morgan fingerprint density at radius 1 is 1.07 bits per heavy atom. The molecule has 5 nitrogen and oxygen atoms in total. The predicted octanol–water partition coefficient (Wildman–Crippen LogP) is 2.83. The first-order chi connectivity index (χ1) is 13.2. The third kappa shape index (κ3) is 3.80. The van der Waals surface area contributed by atoms with Crippen LogP contribution in [0.25, 0.3) is 0 Å². The first-order valence-electron chi connectivity index (χ1n) is 9.23. The van der Waals surface area contributed by atoms with Crippen LogP contribution in [-0.4, -0.2) is 36.0 Å². The first-order valence-corrected chi connectivity index (χ1v) is 9.23. The van der Waals surface area contributed by atoms with E-state index in [0.717, 1.165) is 24.0 Å². The molecule has 4 rings (SSSR count). The van der Waals surface area contributed by atoms with Crippen LogP contribution in [0, 0.1) is 17.8 Å². The molecule has 0 bridgehead atoms. The molecule has 2 aliphatic rings. The number of carbonyl (C=O) groups is 2. The number of piperidine rings is 1. The van der Waals surface area contributed by atoms with E-state index in [1.165, 1.54) is 0 Å². The molecule has 2 atom stereocenters. The number of amides is 3. The fraction of sp³-hybridized carbons (Fsp3) is 0.273. The molecule has 2 saturated heterocycles. The fourth-order valence-electron chi connectivity index (χ4n) is 3.74. The lowest BCUT2D eigenvalue weighted by molar-refractivity contribution is -0.123. The number of likely N-dealkylation sites (tertiary alicyclic amines) is 1. The molecule has 136 valence electrons. The summed E-state index contributed by atoms with van der Waals surface area (Å²) in [7, 11) is 0. The zero-order valence-corrected chi connectivity index (χ0v) is 14.9. The SMILES string of the molecule is O=C1NCC2C1CCCN2C(=O)Nc1cccc(C#Cc2ccccc2)c1. The van der Waals surface area contributed by atoms with Crippen LogP contribution in [0.15, 0.2) is 54.6 Å². The van der Waals surface area contributed by atoms with E-state index in [4.69, 9.17) is 0 Å². The summed E-state index contributed by atoms with van der Waals surface area (Å²) < 4.78 is 0.